The second kappa shape index (κ2) is 5.27. The molecule has 0 saturated heterocycles. The summed E-state index contributed by atoms with van der Waals surface area (Å²) in [7, 11) is 0. The van der Waals surface area contributed by atoms with Crippen LogP contribution in [0.25, 0.3) is 22.7 Å². The Hall–Kier alpha value is -2.95. The zero-order valence-electron chi connectivity index (χ0n) is 14.8. The van der Waals surface area contributed by atoms with Gasteiger partial charge in [-0.05, 0) is 56.5 Å². The Labute approximate surface area is 151 Å². The average molecular weight is 345 g/mol. The van der Waals surface area contributed by atoms with Gasteiger partial charge in [-0.15, -0.1) is 0 Å². The highest BCUT2D eigenvalue weighted by Crippen LogP contribution is 2.47. The summed E-state index contributed by atoms with van der Waals surface area (Å²) in [6.07, 6.45) is 7.29. The molecule has 1 fully saturated rings. The number of oxazole rings is 1. The van der Waals surface area contributed by atoms with E-state index in [1.54, 1.807) is 18.7 Å². The molecule has 5 nitrogen and oxygen atoms in total. The molecule has 2 aliphatic rings. The third kappa shape index (κ3) is 2.20. The molecule has 1 aliphatic heterocycles. The van der Waals surface area contributed by atoms with E-state index in [4.69, 9.17) is 4.42 Å². The number of hydrogen-bond donors (Lipinski definition) is 0. The van der Waals surface area contributed by atoms with Crippen molar-refractivity contribution in [1.82, 2.24) is 9.97 Å². The van der Waals surface area contributed by atoms with Crippen LogP contribution in [-0.4, -0.2) is 21.9 Å². The van der Waals surface area contributed by atoms with Gasteiger partial charge >= 0.3 is 0 Å². The highest BCUT2D eigenvalue weighted by atomic mass is 16.3. The predicted octanol–water partition coefficient (Wildman–Crippen LogP) is 4.19. The smallest absolute Gasteiger partial charge is 0.237 e. The van der Waals surface area contributed by atoms with E-state index >= 15 is 0 Å². The van der Waals surface area contributed by atoms with Gasteiger partial charge in [-0.25, -0.2) is 4.98 Å². The SMILES string of the molecule is CC1(C)C(=O)N(C2CC2)c2cc(-c3nc(-c4ccncc4)co3)ccc21. The number of fused-ring (bicyclic) bond motifs is 1. The molecule has 0 unspecified atom stereocenters. The lowest BCUT2D eigenvalue weighted by Gasteiger charge is -2.19. The molecule has 0 radical (unpaired) electrons. The van der Waals surface area contributed by atoms with Crippen molar-refractivity contribution in [3.8, 4) is 22.7 Å². The Morgan fingerprint density at radius 2 is 1.88 bits per heavy atom. The van der Waals surface area contributed by atoms with Crippen molar-refractivity contribution in [3.05, 3.63) is 54.6 Å². The van der Waals surface area contributed by atoms with Gasteiger partial charge in [-0.1, -0.05) is 6.07 Å². The van der Waals surface area contributed by atoms with Gasteiger partial charge in [-0.2, -0.15) is 0 Å². The standard InChI is InChI=1S/C21H19N3O2/c1-21(2)16-6-3-14(11-18(16)24(20(21)25)15-4-5-15)19-23-17(12-26-19)13-7-9-22-10-8-13/h3,6-12,15H,4-5H2,1-2H3. The number of nitrogens with zero attached hydrogens (tertiary/aromatic N) is 3. The van der Waals surface area contributed by atoms with E-state index in [0.29, 0.717) is 11.9 Å². The molecular formula is C21H19N3O2. The lowest BCUT2D eigenvalue weighted by atomic mass is 9.86. The summed E-state index contributed by atoms with van der Waals surface area (Å²) in [5, 5.41) is 0. The molecule has 26 heavy (non-hydrogen) atoms. The van der Waals surface area contributed by atoms with E-state index in [1.807, 2.05) is 49.1 Å². The number of rotatable bonds is 3. The topological polar surface area (TPSA) is 59.2 Å². The molecule has 3 aromatic rings. The Bertz CT molecular complexity index is 1000. The van der Waals surface area contributed by atoms with Gasteiger partial charge in [0.15, 0.2) is 0 Å². The van der Waals surface area contributed by atoms with Crippen molar-refractivity contribution in [3.63, 3.8) is 0 Å². The first-order valence-corrected chi connectivity index (χ1v) is 8.90. The number of pyridine rings is 1. The number of carbonyl (C=O) groups excluding carboxylic acids is 1. The number of amides is 1. The molecule has 1 aromatic carbocycles. The molecule has 2 aromatic heterocycles. The Balaban J connectivity index is 1.57. The summed E-state index contributed by atoms with van der Waals surface area (Å²) in [6, 6.07) is 10.2. The zero-order chi connectivity index (χ0) is 17.9. The summed E-state index contributed by atoms with van der Waals surface area (Å²) in [5.41, 5.74) is 4.24. The van der Waals surface area contributed by atoms with Gasteiger partial charge in [0.05, 0.1) is 5.41 Å². The molecular weight excluding hydrogens is 326 g/mol. The maximum atomic E-state index is 12.9. The number of anilines is 1. The molecule has 1 amide bonds. The van der Waals surface area contributed by atoms with Gasteiger partial charge in [0.2, 0.25) is 11.8 Å². The fourth-order valence-electron chi connectivity index (χ4n) is 3.68. The van der Waals surface area contributed by atoms with Crippen molar-refractivity contribution in [2.45, 2.75) is 38.1 Å². The molecule has 0 N–H and O–H groups in total. The Morgan fingerprint density at radius 3 is 2.62 bits per heavy atom. The maximum absolute atomic E-state index is 12.9. The molecule has 1 saturated carbocycles. The Kier molecular flexibility index (Phi) is 3.11. The molecule has 0 bridgehead atoms. The van der Waals surface area contributed by atoms with Crippen LogP contribution in [0.3, 0.4) is 0 Å². The number of hydrogen-bond acceptors (Lipinski definition) is 4. The lowest BCUT2D eigenvalue weighted by Crippen LogP contribution is -2.37. The molecule has 1 aliphatic carbocycles. The molecule has 5 rings (SSSR count). The van der Waals surface area contributed by atoms with Crippen molar-refractivity contribution in [2.24, 2.45) is 0 Å². The molecule has 130 valence electrons. The predicted molar refractivity (Wildman–Crippen MR) is 98.7 cm³/mol. The first-order chi connectivity index (χ1) is 12.6. The lowest BCUT2D eigenvalue weighted by molar-refractivity contribution is -0.122. The van der Waals surface area contributed by atoms with Gasteiger partial charge < -0.3 is 9.32 Å². The minimum Gasteiger partial charge on any atom is -0.444 e. The van der Waals surface area contributed by atoms with E-state index in [9.17, 15) is 4.79 Å². The monoisotopic (exact) mass is 345 g/mol. The normalized spacial score (nSPS) is 18.2. The fourth-order valence-corrected chi connectivity index (χ4v) is 3.68. The van der Waals surface area contributed by atoms with Crippen LogP contribution in [0.15, 0.2) is 53.4 Å². The average Bonchev–Trinajstić information content (AvgIpc) is 3.31. The van der Waals surface area contributed by atoms with Crippen LogP contribution in [0.5, 0.6) is 0 Å². The van der Waals surface area contributed by atoms with Crippen LogP contribution in [0.4, 0.5) is 5.69 Å². The van der Waals surface area contributed by atoms with E-state index in [0.717, 1.165) is 40.9 Å². The molecule has 0 atom stereocenters. The maximum Gasteiger partial charge on any atom is 0.237 e. The summed E-state index contributed by atoms with van der Waals surface area (Å²) in [6.45, 7) is 4.01. The molecule has 0 spiro atoms. The van der Waals surface area contributed by atoms with Crippen molar-refractivity contribution in [1.29, 1.82) is 0 Å². The van der Waals surface area contributed by atoms with E-state index in [1.165, 1.54) is 0 Å². The van der Waals surface area contributed by atoms with Crippen LogP contribution in [0, 0.1) is 0 Å². The van der Waals surface area contributed by atoms with Crippen LogP contribution in [0.1, 0.15) is 32.3 Å². The third-order valence-corrected chi connectivity index (χ3v) is 5.32. The highest BCUT2D eigenvalue weighted by molar-refractivity contribution is 6.08. The largest absolute Gasteiger partial charge is 0.444 e. The summed E-state index contributed by atoms with van der Waals surface area (Å²) < 4.78 is 5.72. The highest BCUT2D eigenvalue weighted by Gasteiger charge is 2.49. The number of benzene rings is 1. The van der Waals surface area contributed by atoms with Gasteiger partial charge in [0.1, 0.15) is 12.0 Å². The minimum atomic E-state index is -0.477. The summed E-state index contributed by atoms with van der Waals surface area (Å²) >= 11 is 0. The molecule has 3 heterocycles. The fraction of sp³-hybridized carbons (Fsp3) is 0.286. The van der Waals surface area contributed by atoms with Gasteiger partial charge in [0.25, 0.3) is 0 Å². The van der Waals surface area contributed by atoms with E-state index in [-0.39, 0.29) is 5.91 Å². The summed E-state index contributed by atoms with van der Waals surface area (Å²) in [4.78, 5) is 23.5. The third-order valence-electron chi connectivity index (χ3n) is 5.32. The minimum absolute atomic E-state index is 0.192. The number of aromatic nitrogens is 2. The molecule has 5 heteroatoms. The van der Waals surface area contributed by atoms with Gasteiger partial charge in [-0.3, -0.25) is 9.78 Å². The van der Waals surface area contributed by atoms with Crippen molar-refractivity contribution >= 4 is 11.6 Å². The van der Waals surface area contributed by atoms with E-state index in [2.05, 4.69) is 9.97 Å². The van der Waals surface area contributed by atoms with Crippen LogP contribution < -0.4 is 4.90 Å². The van der Waals surface area contributed by atoms with Crippen molar-refractivity contribution in [2.75, 3.05) is 4.90 Å². The summed E-state index contributed by atoms with van der Waals surface area (Å²) in [5.74, 6) is 0.754. The first kappa shape index (κ1) is 15.3. The first-order valence-electron chi connectivity index (χ1n) is 8.90. The second-order valence-electron chi connectivity index (χ2n) is 7.54. The van der Waals surface area contributed by atoms with Crippen LogP contribution in [0.2, 0.25) is 0 Å². The van der Waals surface area contributed by atoms with Crippen LogP contribution in [-0.2, 0) is 10.2 Å². The van der Waals surface area contributed by atoms with Crippen LogP contribution >= 0.6 is 0 Å². The van der Waals surface area contributed by atoms with Gasteiger partial charge in [0, 0.05) is 35.2 Å². The quantitative estimate of drug-likeness (QED) is 0.714. The second-order valence-corrected chi connectivity index (χ2v) is 7.54. The van der Waals surface area contributed by atoms with E-state index < -0.39 is 5.41 Å². The Morgan fingerprint density at radius 1 is 1.12 bits per heavy atom. The number of carbonyl (C=O) groups is 1. The van der Waals surface area contributed by atoms with Crippen molar-refractivity contribution < 1.29 is 9.21 Å². The zero-order valence-corrected chi connectivity index (χ0v) is 14.8.